The maximum absolute atomic E-state index is 13.1. The summed E-state index contributed by atoms with van der Waals surface area (Å²) in [5, 5.41) is 2.69. The van der Waals surface area contributed by atoms with Gasteiger partial charge in [-0.2, -0.15) is 0 Å². The van der Waals surface area contributed by atoms with Crippen molar-refractivity contribution in [2.24, 2.45) is 0 Å². The number of nitrogens with one attached hydrogen (secondary N) is 1. The molecule has 0 atom stereocenters. The Kier molecular flexibility index (Phi) is 7.60. The van der Waals surface area contributed by atoms with Crippen molar-refractivity contribution in [1.29, 1.82) is 0 Å². The van der Waals surface area contributed by atoms with Crippen LogP contribution in [0.5, 0.6) is 0 Å². The van der Waals surface area contributed by atoms with Crippen molar-refractivity contribution in [3.8, 4) is 0 Å². The van der Waals surface area contributed by atoms with Gasteiger partial charge in [-0.1, -0.05) is 0 Å². The molecular weight excluding hydrogens is 295 g/mol. The quantitative estimate of drug-likeness (QED) is 0.332. The van der Waals surface area contributed by atoms with Crippen LogP contribution in [0.2, 0.25) is 0 Å². The summed E-state index contributed by atoms with van der Waals surface area (Å²) in [7, 11) is 0. The van der Waals surface area contributed by atoms with E-state index in [4.69, 9.17) is 10.5 Å². The van der Waals surface area contributed by atoms with E-state index in [0.717, 1.165) is 0 Å². The average molecular weight is 314 g/mol. The van der Waals surface area contributed by atoms with Gasteiger partial charge in [-0.3, -0.25) is 9.59 Å². The second-order valence-corrected chi connectivity index (χ2v) is 5.32. The zero-order valence-corrected chi connectivity index (χ0v) is 12.7. The third-order valence-corrected chi connectivity index (χ3v) is 3.42. The number of hydrogen-bond donors (Lipinski definition) is 2. The molecule has 5 nitrogen and oxygen atoms in total. The Bertz CT molecular complexity index is 477. The Balaban J connectivity index is 2.20. The fourth-order valence-corrected chi connectivity index (χ4v) is 2.38. The Morgan fingerprint density at radius 1 is 1.38 bits per heavy atom. The molecule has 1 amide bonds. The molecule has 0 aromatic heterocycles. The second-order valence-electron chi connectivity index (χ2n) is 4.27. The van der Waals surface area contributed by atoms with Crippen molar-refractivity contribution in [3.05, 3.63) is 24.0 Å². The predicted octanol–water partition coefficient (Wildman–Crippen LogP) is 1.96. The molecule has 0 aliphatic rings. The Labute approximate surface area is 127 Å². The standard InChI is InChI=1S/C14H19FN2O3S/c1-2-20-14(19)4-3-5-17-13(18)9-21-12-7-10(15)6-11(16)8-12/h6-8H,2-5,9,16H2,1H3,(H,17,18). The van der Waals surface area contributed by atoms with Crippen LogP contribution >= 0.6 is 11.8 Å². The van der Waals surface area contributed by atoms with Gasteiger partial charge >= 0.3 is 5.97 Å². The van der Waals surface area contributed by atoms with Gasteiger partial charge in [0.05, 0.1) is 12.4 Å². The highest BCUT2D eigenvalue weighted by atomic mass is 32.2. The monoisotopic (exact) mass is 314 g/mol. The van der Waals surface area contributed by atoms with Gasteiger partial charge in [-0.15, -0.1) is 11.8 Å². The highest BCUT2D eigenvalue weighted by Gasteiger charge is 2.06. The second kappa shape index (κ2) is 9.23. The van der Waals surface area contributed by atoms with Gasteiger partial charge in [0.1, 0.15) is 5.82 Å². The molecule has 7 heteroatoms. The molecule has 0 spiro atoms. The Hall–Kier alpha value is -1.76. The van der Waals surface area contributed by atoms with E-state index in [1.165, 1.54) is 23.9 Å². The molecule has 1 aromatic carbocycles. The molecule has 0 saturated carbocycles. The van der Waals surface area contributed by atoms with Crippen LogP contribution in [-0.2, 0) is 14.3 Å². The third-order valence-electron chi connectivity index (χ3n) is 2.45. The number of esters is 1. The summed E-state index contributed by atoms with van der Waals surface area (Å²) in [6, 6.07) is 4.16. The minimum Gasteiger partial charge on any atom is -0.466 e. The molecule has 1 aromatic rings. The lowest BCUT2D eigenvalue weighted by Crippen LogP contribution is -2.26. The number of amides is 1. The summed E-state index contributed by atoms with van der Waals surface area (Å²) in [6.07, 6.45) is 0.809. The Morgan fingerprint density at radius 3 is 2.81 bits per heavy atom. The number of nitrogen functional groups attached to an aromatic ring is 1. The molecule has 0 fully saturated rings. The van der Waals surface area contributed by atoms with Gasteiger partial charge in [0, 0.05) is 23.5 Å². The summed E-state index contributed by atoms with van der Waals surface area (Å²) < 4.78 is 17.9. The summed E-state index contributed by atoms with van der Waals surface area (Å²) in [5.41, 5.74) is 5.85. The first-order valence-corrected chi connectivity index (χ1v) is 7.61. The van der Waals surface area contributed by atoms with E-state index in [-0.39, 0.29) is 24.1 Å². The molecule has 0 unspecified atom stereocenters. The lowest BCUT2D eigenvalue weighted by Gasteiger charge is -2.06. The van der Waals surface area contributed by atoms with E-state index in [9.17, 15) is 14.0 Å². The minimum atomic E-state index is -0.424. The van der Waals surface area contributed by atoms with Gasteiger partial charge in [-0.05, 0) is 31.5 Å². The summed E-state index contributed by atoms with van der Waals surface area (Å²) >= 11 is 1.21. The van der Waals surface area contributed by atoms with E-state index in [1.807, 2.05) is 0 Å². The van der Waals surface area contributed by atoms with Crippen LogP contribution in [0.25, 0.3) is 0 Å². The molecule has 0 saturated heterocycles. The van der Waals surface area contributed by atoms with Gasteiger partial charge < -0.3 is 15.8 Å². The molecule has 21 heavy (non-hydrogen) atoms. The first-order chi connectivity index (χ1) is 10.0. The highest BCUT2D eigenvalue weighted by Crippen LogP contribution is 2.21. The van der Waals surface area contributed by atoms with Crippen molar-refractivity contribution >= 4 is 29.3 Å². The third kappa shape index (κ3) is 7.55. The topological polar surface area (TPSA) is 81.4 Å². The average Bonchev–Trinajstić information content (AvgIpc) is 2.41. The van der Waals surface area contributed by atoms with Crippen LogP contribution < -0.4 is 11.1 Å². The maximum Gasteiger partial charge on any atom is 0.305 e. The fraction of sp³-hybridized carbons (Fsp3) is 0.429. The molecule has 0 bridgehead atoms. The van der Waals surface area contributed by atoms with E-state index in [2.05, 4.69) is 5.32 Å². The molecule has 0 aliphatic carbocycles. The molecule has 1 rings (SSSR count). The molecular formula is C14H19FN2O3S. The molecule has 116 valence electrons. The fourth-order valence-electron chi connectivity index (χ4n) is 1.56. The number of rotatable bonds is 8. The highest BCUT2D eigenvalue weighted by molar-refractivity contribution is 8.00. The van der Waals surface area contributed by atoms with Crippen LogP contribution in [0.15, 0.2) is 23.1 Å². The summed E-state index contributed by atoms with van der Waals surface area (Å²) in [5.74, 6) is -0.696. The smallest absolute Gasteiger partial charge is 0.305 e. The first kappa shape index (κ1) is 17.3. The number of thioether (sulfide) groups is 1. The van der Waals surface area contributed by atoms with Crippen molar-refractivity contribution < 1.29 is 18.7 Å². The van der Waals surface area contributed by atoms with Crippen LogP contribution in [0.3, 0.4) is 0 Å². The summed E-state index contributed by atoms with van der Waals surface area (Å²) in [4.78, 5) is 23.3. The number of nitrogens with two attached hydrogens (primary N) is 1. The molecule has 0 aliphatic heterocycles. The number of benzene rings is 1. The SMILES string of the molecule is CCOC(=O)CCCNC(=O)CSc1cc(N)cc(F)c1. The lowest BCUT2D eigenvalue weighted by atomic mass is 10.3. The van der Waals surface area contributed by atoms with E-state index in [1.54, 1.807) is 13.0 Å². The minimum absolute atomic E-state index is 0.169. The number of ether oxygens (including phenoxy) is 1. The van der Waals surface area contributed by atoms with Crippen molar-refractivity contribution in [2.45, 2.75) is 24.7 Å². The van der Waals surface area contributed by atoms with E-state index >= 15 is 0 Å². The van der Waals surface area contributed by atoms with Gasteiger partial charge in [-0.25, -0.2) is 4.39 Å². The predicted molar refractivity (Wildman–Crippen MR) is 80.4 cm³/mol. The van der Waals surface area contributed by atoms with Crippen LogP contribution in [0.4, 0.5) is 10.1 Å². The number of carbonyl (C=O) groups is 2. The molecule has 3 N–H and O–H groups in total. The number of halogens is 1. The lowest BCUT2D eigenvalue weighted by molar-refractivity contribution is -0.143. The summed E-state index contributed by atoms with van der Waals surface area (Å²) in [6.45, 7) is 2.51. The zero-order chi connectivity index (χ0) is 15.7. The van der Waals surface area contributed by atoms with E-state index in [0.29, 0.717) is 30.2 Å². The number of anilines is 1. The zero-order valence-electron chi connectivity index (χ0n) is 11.9. The van der Waals surface area contributed by atoms with Crippen LogP contribution in [0, 0.1) is 5.82 Å². The maximum atomic E-state index is 13.1. The van der Waals surface area contributed by atoms with Crippen molar-refractivity contribution in [3.63, 3.8) is 0 Å². The normalized spacial score (nSPS) is 10.2. The Morgan fingerprint density at radius 2 is 2.14 bits per heavy atom. The van der Waals surface area contributed by atoms with Crippen molar-refractivity contribution in [1.82, 2.24) is 5.32 Å². The molecule has 0 heterocycles. The van der Waals surface area contributed by atoms with Gasteiger partial charge in [0.2, 0.25) is 5.91 Å². The largest absolute Gasteiger partial charge is 0.466 e. The van der Waals surface area contributed by atoms with Gasteiger partial charge in [0.25, 0.3) is 0 Å². The van der Waals surface area contributed by atoms with Crippen LogP contribution in [0.1, 0.15) is 19.8 Å². The number of hydrogen-bond acceptors (Lipinski definition) is 5. The van der Waals surface area contributed by atoms with E-state index < -0.39 is 5.82 Å². The van der Waals surface area contributed by atoms with Crippen molar-refractivity contribution in [2.75, 3.05) is 24.6 Å². The van der Waals surface area contributed by atoms with Crippen LogP contribution in [-0.4, -0.2) is 30.8 Å². The molecule has 0 radical (unpaired) electrons. The number of carbonyl (C=O) groups excluding carboxylic acids is 2. The van der Waals surface area contributed by atoms with Gasteiger partial charge in [0.15, 0.2) is 0 Å². The first-order valence-electron chi connectivity index (χ1n) is 6.62.